The Morgan fingerprint density at radius 1 is 1.12 bits per heavy atom. The SMILES string of the molecule is N#CCCn1cc(C=C(C#N)c2nc3ccccc3s2)c2ccccc21. The molecule has 0 fully saturated rings. The third-order valence-corrected chi connectivity index (χ3v) is 5.30. The maximum Gasteiger partial charge on any atom is 0.135 e. The van der Waals surface area contributed by atoms with Gasteiger partial charge in [-0.05, 0) is 24.3 Å². The van der Waals surface area contributed by atoms with Gasteiger partial charge in [0.2, 0.25) is 0 Å². The van der Waals surface area contributed by atoms with Crippen molar-refractivity contribution in [3.05, 3.63) is 65.3 Å². The van der Waals surface area contributed by atoms with Gasteiger partial charge in [-0.3, -0.25) is 0 Å². The van der Waals surface area contributed by atoms with E-state index in [-0.39, 0.29) is 0 Å². The summed E-state index contributed by atoms with van der Waals surface area (Å²) in [4.78, 5) is 4.59. The fourth-order valence-electron chi connectivity index (χ4n) is 3.03. The van der Waals surface area contributed by atoms with Crippen LogP contribution in [-0.4, -0.2) is 9.55 Å². The minimum absolute atomic E-state index is 0.449. The summed E-state index contributed by atoms with van der Waals surface area (Å²) in [7, 11) is 0. The number of allylic oxidation sites excluding steroid dienone is 1. The molecule has 0 radical (unpaired) electrons. The summed E-state index contributed by atoms with van der Waals surface area (Å²) in [5, 5.41) is 20.4. The molecule has 0 saturated heterocycles. The molecule has 2 aromatic carbocycles. The van der Waals surface area contributed by atoms with Gasteiger partial charge < -0.3 is 4.57 Å². The molecule has 2 heterocycles. The van der Waals surface area contributed by atoms with Crippen LogP contribution in [0, 0.1) is 22.7 Å². The number of hydrogen-bond donors (Lipinski definition) is 0. The van der Waals surface area contributed by atoms with Gasteiger partial charge in [-0.15, -0.1) is 11.3 Å². The van der Waals surface area contributed by atoms with E-state index in [0.717, 1.165) is 31.7 Å². The lowest BCUT2D eigenvalue weighted by Crippen LogP contribution is -1.94. The van der Waals surface area contributed by atoms with Gasteiger partial charge in [0, 0.05) is 29.2 Å². The van der Waals surface area contributed by atoms with Gasteiger partial charge in [0.25, 0.3) is 0 Å². The van der Waals surface area contributed by atoms with Crippen LogP contribution in [0.5, 0.6) is 0 Å². The number of thiazole rings is 1. The zero-order valence-electron chi connectivity index (χ0n) is 13.9. The van der Waals surface area contributed by atoms with E-state index in [1.54, 1.807) is 0 Å². The van der Waals surface area contributed by atoms with Crippen molar-refractivity contribution >= 4 is 44.1 Å². The van der Waals surface area contributed by atoms with Crippen LogP contribution < -0.4 is 0 Å². The van der Waals surface area contributed by atoms with Crippen LogP contribution in [-0.2, 0) is 6.54 Å². The van der Waals surface area contributed by atoms with Gasteiger partial charge in [0.05, 0.1) is 28.3 Å². The van der Waals surface area contributed by atoms with Crippen molar-refractivity contribution in [2.75, 3.05) is 0 Å². The first-order chi connectivity index (χ1) is 12.8. The van der Waals surface area contributed by atoms with Crippen molar-refractivity contribution in [2.24, 2.45) is 0 Å². The highest BCUT2D eigenvalue weighted by Crippen LogP contribution is 2.30. The maximum absolute atomic E-state index is 9.68. The molecule has 5 heteroatoms. The molecular weight excluding hydrogens is 340 g/mol. The van der Waals surface area contributed by atoms with Crippen molar-refractivity contribution in [2.45, 2.75) is 13.0 Å². The van der Waals surface area contributed by atoms with E-state index in [1.165, 1.54) is 11.3 Å². The van der Waals surface area contributed by atoms with Gasteiger partial charge >= 0.3 is 0 Å². The van der Waals surface area contributed by atoms with Gasteiger partial charge in [-0.1, -0.05) is 30.3 Å². The minimum Gasteiger partial charge on any atom is -0.346 e. The van der Waals surface area contributed by atoms with Gasteiger partial charge in [0.15, 0.2) is 0 Å². The van der Waals surface area contributed by atoms with Crippen molar-refractivity contribution in [3.8, 4) is 12.1 Å². The first kappa shape index (κ1) is 16.1. The zero-order valence-corrected chi connectivity index (χ0v) is 14.7. The van der Waals surface area contributed by atoms with Gasteiger partial charge in [-0.2, -0.15) is 10.5 Å². The molecule has 4 aromatic rings. The average Bonchev–Trinajstić information content (AvgIpc) is 3.26. The summed E-state index contributed by atoms with van der Waals surface area (Å²) in [6.07, 6.45) is 4.35. The normalized spacial score (nSPS) is 11.5. The number of nitrogens with zero attached hydrogens (tertiary/aromatic N) is 4. The molecule has 0 bridgehead atoms. The lowest BCUT2D eigenvalue weighted by atomic mass is 10.1. The minimum atomic E-state index is 0.449. The lowest BCUT2D eigenvalue weighted by molar-refractivity contribution is 0.744. The fraction of sp³-hybridized carbons (Fsp3) is 0.0952. The monoisotopic (exact) mass is 354 g/mol. The third kappa shape index (κ3) is 2.86. The Bertz CT molecular complexity index is 1180. The molecular formula is C21H14N4S. The molecule has 0 amide bonds. The Morgan fingerprint density at radius 3 is 2.73 bits per heavy atom. The second-order valence-corrected chi connectivity index (χ2v) is 6.89. The molecule has 2 aromatic heterocycles. The molecule has 0 aliphatic carbocycles. The number of para-hydroxylation sites is 2. The first-order valence-electron chi connectivity index (χ1n) is 8.22. The molecule has 0 atom stereocenters. The summed E-state index contributed by atoms with van der Waals surface area (Å²) in [5.74, 6) is 0. The van der Waals surface area contributed by atoms with Crippen LogP contribution in [0.4, 0.5) is 0 Å². The van der Waals surface area contributed by atoms with Gasteiger partial charge in [0.1, 0.15) is 11.1 Å². The predicted octanol–water partition coefficient (Wildman–Crippen LogP) is 5.23. The molecule has 0 aliphatic rings. The van der Waals surface area contributed by atoms with Crippen LogP contribution in [0.15, 0.2) is 54.7 Å². The standard InChI is InChI=1S/C21H14N4S/c22-10-5-11-25-14-16(17-6-1-3-8-19(17)25)12-15(13-23)21-24-18-7-2-4-9-20(18)26-21/h1-4,6-9,12,14H,5,11H2. The van der Waals surface area contributed by atoms with Crippen LogP contribution in [0.2, 0.25) is 0 Å². The number of rotatable bonds is 4. The topological polar surface area (TPSA) is 65.4 Å². The average molecular weight is 354 g/mol. The Kier molecular flexibility index (Phi) is 4.23. The van der Waals surface area contributed by atoms with E-state index in [9.17, 15) is 5.26 Å². The molecule has 4 rings (SSSR count). The van der Waals surface area contributed by atoms with Crippen LogP contribution in [0.3, 0.4) is 0 Å². The zero-order chi connectivity index (χ0) is 17.9. The van der Waals surface area contributed by atoms with Crippen molar-refractivity contribution in [1.29, 1.82) is 10.5 Å². The number of benzene rings is 2. The summed E-state index contributed by atoms with van der Waals surface area (Å²) in [6, 6.07) is 20.4. The molecule has 0 spiro atoms. The quantitative estimate of drug-likeness (QED) is 0.471. The summed E-state index contributed by atoms with van der Waals surface area (Å²) >= 11 is 1.52. The van der Waals surface area contributed by atoms with Crippen LogP contribution in [0.1, 0.15) is 17.0 Å². The summed E-state index contributed by atoms with van der Waals surface area (Å²) in [5.41, 5.74) is 3.49. The second kappa shape index (κ2) is 6.84. The smallest absolute Gasteiger partial charge is 0.135 e. The van der Waals surface area contributed by atoms with E-state index in [0.29, 0.717) is 18.5 Å². The van der Waals surface area contributed by atoms with E-state index in [2.05, 4.69) is 21.7 Å². The Labute approximate surface area is 154 Å². The molecule has 0 saturated carbocycles. The summed E-state index contributed by atoms with van der Waals surface area (Å²) < 4.78 is 3.14. The fourth-order valence-corrected chi connectivity index (χ4v) is 3.96. The first-order valence-corrected chi connectivity index (χ1v) is 9.04. The molecule has 0 unspecified atom stereocenters. The third-order valence-electron chi connectivity index (χ3n) is 4.23. The maximum atomic E-state index is 9.68. The Hall–Kier alpha value is -3.41. The highest BCUT2D eigenvalue weighted by molar-refractivity contribution is 7.19. The highest BCUT2D eigenvalue weighted by atomic mass is 32.1. The van der Waals surface area contributed by atoms with Crippen molar-refractivity contribution in [1.82, 2.24) is 9.55 Å². The van der Waals surface area contributed by atoms with Crippen molar-refractivity contribution < 1.29 is 0 Å². The van der Waals surface area contributed by atoms with E-state index in [1.807, 2.05) is 60.8 Å². The summed E-state index contributed by atoms with van der Waals surface area (Å²) in [6.45, 7) is 0.633. The van der Waals surface area contributed by atoms with Crippen molar-refractivity contribution in [3.63, 3.8) is 0 Å². The lowest BCUT2D eigenvalue weighted by Gasteiger charge is -2.00. The van der Waals surface area contributed by atoms with E-state index < -0.39 is 0 Å². The Balaban J connectivity index is 1.83. The van der Waals surface area contributed by atoms with Crippen LogP contribution in [0.25, 0.3) is 32.8 Å². The number of aryl methyl sites for hydroxylation is 1. The number of hydrogen-bond acceptors (Lipinski definition) is 4. The molecule has 124 valence electrons. The molecule has 0 aliphatic heterocycles. The molecule has 0 N–H and O–H groups in total. The second-order valence-electron chi connectivity index (χ2n) is 5.86. The van der Waals surface area contributed by atoms with E-state index in [4.69, 9.17) is 5.26 Å². The molecule has 26 heavy (non-hydrogen) atoms. The van der Waals surface area contributed by atoms with Crippen LogP contribution >= 0.6 is 11.3 Å². The predicted molar refractivity (Wildman–Crippen MR) is 105 cm³/mol. The number of fused-ring (bicyclic) bond motifs is 2. The van der Waals surface area contributed by atoms with E-state index >= 15 is 0 Å². The number of nitriles is 2. The molecule has 4 nitrogen and oxygen atoms in total. The van der Waals surface area contributed by atoms with Gasteiger partial charge in [-0.25, -0.2) is 4.98 Å². The largest absolute Gasteiger partial charge is 0.346 e. The Morgan fingerprint density at radius 2 is 1.92 bits per heavy atom. The highest BCUT2D eigenvalue weighted by Gasteiger charge is 2.11. The number of aromatic nitrogens is 2.